The van der Waals surface area contributed by atoms with E-state index in [0.717, 1.165) is 6.42 Å². The molecule has 1 amide bonds. The van der Waals surface area contributed by atoms with Gasteiger partial charge in [0.1, 0.15) is 5.54 Å². The number of ether oxygens (including phenoxy) is 1. The lowest BCUT2D eigenvalue weighted by Crippen LogP contribution is -2.50. The van der Waals surface area contributed by atoms with Crippen LogP contribution >= 0.6 is 11.3 Å². The van der Waals surface area contributed by atoms with Crippen molar-refractivity contribution in [3.05, 3.63) is 22.4 Å². The summed E-state index contributed by atoms with van der Waals surface area (Å²) in [6, 6.07) is 6.08. The van der Waals surface area contributed by atoms with Gasteiger partial charge in [0, 0.05) is 11.3 Å². The Kier molecular flexibility index (Phi) is 7.06. The van der Waals surface area contributed by atoms with Crippen molar-refractivity contribution in [2.45, 2.75) is 45.6 Å². The molecule has 1 N–H and O–H groups in total. The zero-order chi connectivity index (χ0) is 16.6. The molecule has 0 spiro atoms. The number of amides is 1. The average Bonchev–Trinajstić information content (AvgIpc) is 2.98. The first-order valence-electron chi connectivity index (χ1n) is 7.27. The molecular formula is C16H22N2O3S. The predicted molar refractivity (Wildman–Crippen MR) is 85.2 cm³/mol. The Bertz CT molecular complexity index is 534. The molecule has 0 aliphatic heterocycles. The first-order valence-corrected chi connectivity index (χ1v) is 8.15. The Labute approximate surface area is 135 Å². The van der Waals surface area contributed by atoms with Gasteiger partial charge >= 0.3 is 5.97 Å². The van der Waals surface area contributed by atoms with Crippen LogP contribution in [0.1, 0.15) is 38.5 Å². The lowest BCUT2D eigenvalue weighted by molar-refractivity contribution is -0.149. The maximum atomic E-state index is 11.7. The molecule has 1 aromatic rings. The van der Waals surface area contributed by atoms with Crippen LogP contribution in [-0.2, 0) is 20.7 Å². The number of nitriles is 1. The Morgan fingerprint density at radius 1 is 1.50 bits per heavy atom. The second-order valence-electron chi connectivity index (χ2n) is 5.61. The lowest BCUT2D eigenvalue weighted by Gasteiger charge is -2.27. The van der Waals surface area contributed by atoms with Crippen LogP contribution in [0.4, 0.5) is 0 Å². The normalized spacial score (nSPS) is 13.2. The summed E-state index contributed by atoms with van der Waals surface area (Å²) in [6.07, 6.45) is 1.81. The summed E-state index contributed by atoms with van der Waals surface area (Å²) in [5.41, 5.74) is -0.956. The average molecular weight is 322 g/mol. The van der Waals surface area contributed by atoms with E-state index in [1.54, 1.807) is 18.3 Å². The molecule has 0 saturated carbocycles. The standard InChI is InChI=1S/C16H22N2O3S/c1-12(2)16(3,11-17)18-14(19)10-21-15(20)8-4-6-13-7-5-9-22-13/h5,7,9,12H,4,6,8,10H2,1-3H3,(H,18,19)/t16-/m1/s1. The predicted octanol–water partition coefficient (Wildman–Crippen LogP) is 2.67. The number of hydrogen-bond donors (Lipinski definition) is 1. The zero-order valence-corrected chi connectivity index (χ0v) is 14.0. The number of carbonyl (C=O) groups excluding carboxylic acids is 2. The summed E-state index contributed by atoms with van der Waals surface area (Å²) in [6.45, 7) is 5.00. The van der Waals surface area contributed by atoms with Crippen LogP contribution in [0.25, 0.3) is 0 Å². The van der Waals surface area contributed by atoms with Gasteiger partial charge in [-0.1, -0.05) is 19.9 Å². The summed E-state index contributed by atoms with van der Waals surface area (Å²) in [4.78, 5) is 24.6. The van der Waals surface area contributed by atoms with E-state index in [2.05, 4.69) is 11.4 Å². The molecule has 5 nitrogen and oxygen atoms in total. The summed E-state index contributed by atoms with van der Waals surface area (Å²) in [5, 5.41) is 13.7. The quantitative estimate of drug-likeness (QED) is 0.746. The highest BCUT2D eigenvalue weighted by atomic mass is 32.1. The fourth-order valence-electron chi connectivity index (χ4n) is 1.71. The van der Waals surface area contributed by atoms with Gasteiger partial charge in [0.05, 0.1) is 6.07 Å². The molecule has 6 heteroatoms. The van der Waals surface area contributed by atoms with Crippen LogP contribution < -0.4 is 5.32 Å². The third kappa shape index (κ3) is 5.86. The number of hydrogen-bond acceptors (Lipinski definition) is 5. The van der Waals surface area contributed by atoms with Crippen molar-refractivity contribution < 1.29 is 14.3 Å². The molecule has 22 heavy (non-hydrogen) atoms. The summed E-state index contributed by atoms with van der Waals surface area (Å²) < 4.78 is 4.94. The molecule has 0 unspecified atom stereocenters. The molecule has 0 saturated heterocycles. The monoisotopic (exact) mass is 322 g/mol. The van der Waals surface area contributed by atoms with E-state index in [-0.39, 0.29) is 18.9 Å². The van der Waals surface area contributed by atoms with Crippen molar-refractivity contribution in [2.75, 3.05) is 6.61 Å². The molecule has 1 heterocycles. The van der Waals surface area contributed by atoms with Crippen molar-refractivity contribution in [3.63, 3.8) is 0 Å². The number of carbonyl (C=O) groups is 2. The van der Waals surface area contributed by atoms with Crippen LogP contribution in [0.15, 0.2) is 17.5 Å². The molecular weight excluding hydrogens is 300 g/mol. The number of esters is 1. The minimum atomic E-state index is -0.956. The van der Waals surface area contributed by atoms with E-state index in [0.29, 0.717) is 6.42 Å². The lowest BCUT2D eigenvalue weighted by atomic mass is 9.90. The van der Waals surface area contributed by atoms with Gasteiger partial charge in [-0.3, -0.25) is 9.59 Å². The second-order valence-corrected chi connectivity index (χ2v) is 6.64. The third-order valence-electron chi connectivity index (χ3n) is 3.53. The van der Waals surface area contributed by atoms with E-state index < -0.39 is 17.4 Å². The SMILES string of the molecule is CC(C)[C@@](C)(C#N)NC(=O)COC(=O)CCCc1cccs1. The molecule has 1 rings (SSSR count). The Hall–Kier alpha value is -1.87. The van der Waals surface area contributed by atoms with Crippen molar-refractivity contribution in [2.24, 2.45) is 5.92 Å². The first kappa shape index (κ1) is 18.2. The molecule has 0 aliphatic carbocycles. The van der Waals surface area contributed by atoms with Gasteiger partial charge in [0.15, 0.2) is 6.61 Å². The molecule has 0 radical (unpaired) electrons. The van der Waals surface area contributed by atoms with Crippen LogP contribution in [-0.4, -0.2) is 24.0 Å². The van der Waals surface area contributed by atoms with Gasteiger partial charge in [0.25, 0.3) is 5.91 Å². The highest BCUT2D eigenvalue weighted by Gasteiger charge is 2.30. The number of thiophene rings is 1. The summed E-state index contributed by atoms with van der Waals surface area (Å²) >= 11 is 1.66. The number of aryl methyl sites for hydroxylation is 1. The second kappa shape index (κ2) is 8.54. The molecule has 0 aromatic carbocycles. The van der Waals surface area contributed by atoms with Crippen molar-refractivity contribution in [3.8, 4) is 6.07 Å². The molecule has 0 bridgehead atoms. The molecule has 1 aromatic heterocycles. The summed E-state index contributed by atoms with van der Waals surface area (Å²) in [5.74, 6) is -0.887. The Balaban J connectivity index is 2.26. The molecule has 0 aliphatic rings. The van der Waals surface area contributed by atoms with E-state index >= 15 is 0 Å². The van der Waals surface area contributed by atoms with Gasteiger partial charge in [-0.25, -0.2) is 0 Å². The topological polar surface area (TPSA) is 79.2 Å². The van der Waals surface area contributed by atoms with Gasteiger partial charge in [0.2, 0.25) is 0 Å². The number of nitrogens with zero attached hydrogens (tertiary/aromatic N) is 1. The van der Waals surface area contributed by atoms with Crippen LogP contribution in [0.5, 0.6) is 0 Å². The van der Waals surface area contributed by atoms with Crippen LogP contribution in [0.3, 0.4) is 0 Å². The van der Waals surface area contributed by atoms with Crippen LogP contribution in [0, 0.1) is 17.2 Å². The van der Waals surface area contributed by atoms with E-state index in [9.17, 15) is 9.59 Å². The van der Waals surface area contributed by atoms with E-state index in [4.69, 9.17) is 10.00 Å². The maximum Gasteiger partial charge on any atom is 0.306 e. The van der Waals surface area contributed by atoms with Crippen molar-refractivity contribution in [1.29, 1.82) is 5.26 Å². The minimum Gasteiger partial charge on any atom is -0.456 e. The molecule has 1 atom stereocenters. The Morgan fingerprint density at radius 2 is 2.23 bits per heavy atom. The van der Waals surface area contributed by atoms with E-state index in [1.807, 2.05) is 31.4 Å². The van der Waals surface area contributed by atoms with Gasteiger partial charge in [-0.15, -0.1) is 11.3 Å². The highest BCUT2D eigenvalue weighted by molar-refractivity contribution is 7.09. The highest BCUT2D eigenvalue weighted by Crippen LogP contribution is 2.15. The van der Waals surface area contributed by atoms with Gasteiger partial charge < -0.3 is 10.1 Å². The van der Waals surface area contributed by atoms with E-state index in [1.165, 1.54) is 4.88 Å². The maximum absolute atomic E-state index is 11.7. The van der Waals surface area contributed by atoms with Gasteiger partial charge in [-0.2, -0.15) is 5.26 Å². The minimum absolute atomic E-state index is 0.0389. The first-order chi connectivity index (χ1) is 10.4. The van der Waals surface area contributed by atoms with Crippen LogP contribution in [0.2, 0.25) is 0 Å². The third-order valence-corrected chi connectivity index (χ3v) is 4.47. The smallest absolute Gasteiger partial charge is 0.306 e. The van der Waals surface area contributed by atoms with Gasteiger partial charge in [-0.05, 0) is 37.1 Å². The fourth-order valence-corrected chi connectivity index (χ4v) is 2.46. The number of nitrogens with one attached hydrogen (secondary N) is 1. The zero-order valence-electron chi connectivity index (χ0n) is 13.2. The largest absolute Gasteiger partial charge is 0.456 e. The van der Waals surface area contributed by atoms with Crippen molar-refractivity contribution in [1.82, 2.24) is 5.32 Å². The fraction of sp³-hybridized carbons (Fsp3) is 0.562. The summed E-state index contributed by atoms with van der Waals surface area (Å²) in [7, 11) is 0. The Morgan fingerprint density at radius 3 is 2.77 bits per heavy atom. The molecule has 120 valence electrons. The number of rotatable bonds is 8. The van der Waals surface area contributed by atoms with Crippen molar-refractivity contribution >= 4 is 23.2 Å². The molecule has 0 fully saturated rings.